The lowest BCUT2D eigenvalue weighted by atomic mass is 10.5. The Balaban J connectivity index is 3.49. The van der Waals surface area contributed by atoms with Gasteiger partial charge >= 0.3 is 5.97 Å². The molecule has 0 aliphatic rings. The molecule has 6 heteroatoms. The number of rotatable bonds is 6. The minimum atomic E-state index is -0.330. The van der Waals surface area contributed by atoms with Crippen LogP contribution in [0, 0.1) is 11.3 Å². The maximum absolute atomic E-state index is 11.0. The molecule has 0 saturated carbocycles. The fraction of sp³-hybridized carbons (Fsp3) is 0.667. The number of nitrogens with zero attached hydrogens (tertiary/aromatic N) is 1. The normalized spacial score (nSPS) is 9.47. The van der Waals surface area contributed by atoms with Gasteiger partial charge in [-0.2, -0.15) is 5.26 Å². The van der Waals surface area contributed by atoms with Crippen LogP contribution in [0.3, 0.4) is 0 Å². The molecule has 0 aromatic rings. The predicted octanol–water partition coefficient (Wildman–Crippen LogP) is 0.311. The summed E-state index contributed by atoms with van der Waals surface area (Å²) in [5, 5.41) is 10.6. The summed E-state index contributed by atoms with van der Waals surface area (Å²) >= 11 is 1.17. The fourth-order valence-electron chi connectivity index (χ4n) is 0.713. The molecule has 0 heterocycles. The molecule has 0 aliphatic heterocycles. The van der Waals surface area contributed by atoms with Gasteiger partial charge in [0.15, 0.2) is 0 Å². The third-order valence-electron chi connectivity index (χ3n) is 1.18. The Bertz CT molecular complexity index is 261. The van der Waals surface area contributed by atoms with Gasteiger partial charge in [0.25, 0.3) is 0 Å². The van der Waals surface area contributed by atoms with Gasteiger partial charge in [0.2, 0.25) is 5.91 Å². The molecule has 0 bridgehead atoms. The van der Waals surface area contributed by atoms with Crippen LogP contribution in [0.15, 0.2) is 0 Å². The van der Waals surface area contributed by atoms with Crippen molar-refractivity contribution in [2.45, 2.75) is 20.0 Å². The van der Waals surface area contributed by atoms with E-state index in [0.29, 0.717) is 0 Å². The third kappa shape index (κ3) is 9.09. The predicted molar refractivity (Wildman–Crippen MR) is 57.2 cm³/mol. The summed E-state index contributed by atoms with van der Waals surface area (Å²) in [6, 6.07) is 1.79. The summed E-state index contributed by atoms with van der Waals surface area (Å²) < 4.78 is 4.87. The zero-order valence-corrected chi connectivity index (χ0v) is 9.60. The van der Waals surface area contributed by atoms with E-state index in [1.54, 1.807) is 19.9 Å². The number of nitriles is 1. The standard InChI is InChI=1S/C9H14N2O3S/c1-7(2)14-9(13)6-15-5-8(12)11-4-3-10/h7H,4-6H2,1-2H3,(H,11,12). The second-order valence-electron chi connectivity index (χ2n) is 2.97. The zero-order valence-electron chi connectivity index (χ0n) is 8.78. The number of hydrogen-bond donors (Lipinski definition) is 1. The van der Waals surface area contributed by atoms with Crippen LogP contribution < -0.4 is 5.32 Å². The van der Waals surface area contributed by atoms with Crippen LogP contribution in [-0.4, -0.2) is 36.0 Å². The fourth-order valence-corrected chi connectivity index (χ4v) is 1.34. The van der Waals surface area contributed by atoms with Gasteiger partial charge in [0, 0.05) is 0 Å². The lowest BCUT2D eigenvalue weighted by Crippen LogP contribution is -2.26. The van der Waals surface area contributed by atoms with Crippen LogP contribution in [0.25, 0.3) is 0 Å². The van der Waals surface area contributed by atoms with Crippen molar-refractivity contribution in [3.05, 3.63) is 0 Å². The number of amides is 1. The summed E-state index contributed by atoms with van der Waals surface area (Å²) in [4.78, 5) is 22.0. The van der Waals surface area contributed by atoms with Crippen LogP contribution in [-0.2, 0) is 14.3 Å². The molecule has 5 nitrogen and oxygen atoms in total. The quantitative estimate of drug-likeness (QED) is 0.525. The summed E-state index contributed by atoms with van der Waals surface area (Å²) in [5.74, 6) is -0.269. The molecule has 0 atom stereocenters. The molecule has 0 aromatic carbocycles. The van der Waals surface area contributed by atoms with Crippen molar-refractivity contribution in [2.75, 3.05) is 18.1 Å². The first-order valence-electron chi connectivity index (χ1n) is 4.47. The van der Waals surface area contributed by atoms with E-state index in [-0.39, 0.29) is 36.0 Å². The van der Waals surface area contributed by atoms with Crippen LogP contribution in [0.5, 0.6) is 0 Å². The number of nitrogens with one attached hydrogen (secondary N) is 1. The number of carbonyl (C=O) groups excluding carboxylic acids is 2. The van der Waals surface area contributed by atoms with E-state index in [9.17, 15) is 9.59 Å². The van der Waals surface area contributed by atoms with Gasteiger partial charge in [-0.25, -0.2) is 0 Å². The molecule has 1 N–H and O–H groups in total. The summed E-state index contributed by atoms with van der Waals surface area (Å²) in [6.45, 7) is 3.53. The Labute approximate surface area is 93.2 Å². The maximum Gasteiger partial charge on any atom is 0.316 e. The molecule has 0 spiro atoms. The van der Waals surface area contributed by atoms with Crippen molar-refractivity contribution in [3.63, 3.8) is 0 Å². The molecular formula is C9H14N2O3S. The van der Waals surface area contributed by atoms with Crippen LogP contribution in [0.4, 0.5) is 0 Å². The smallest absolute Gasteiger partial charge is 0.316 e. The highest BCUT2D eigenvalue weighted by atomic mass is 32.2. The minimum Gasteiger partial charge on any atom is -0.462 e. The molecule has 84 valence electrons. The van der Waals surface area contributed by atoms with Crippen molar-refractivity contribution < 1.29 is 14.3 Å². The Hall–Kier alpha value is -1.22. The summed E-state index contributed by atoms with van der Waals surface area (Å²) in [7, 11) is 0. The van der Waals surface area contributed by atoms with Gasteiger partial charge in [-0.05, 0) is 13.8 Å². The van der Waals surface area contributed by atoms with E-state index < -0.39 is 0 Å². The van der Waals surface area contributed by atoms with E-state index in [1.807, 2.05) is 0 Å². The highest BCUT2D eigenvalue weighted by molar-refractivity contribution is 8.00. The van der Waals surface area contributed by atoms with E-state index in [0.717, 1.165) is 0 Å². The molecular weight excluding hydrogens is 216 g/mol. The lowest BCUT2D eigenvalue weighted by Gasteiger charge is -2.07. The molecule has 0 aromatic heterocycles. The van der Waals surface area contributed by atoms with Crippen LogP contribution in [0.2, 0.25) is 0 Å². The van der Waals surface area contributed by atoms with E-state index in [2.05, 4.69) is 5.32 Å². The van der Waals surface area contributed by atoms with Gasteiger partial charge in [0.1, 0.15) is 6.54 Å². The third-order valence-corrected chi connectivity index (χ3v) is 2.09. The van der Waals surface area contributed by atoms with Gasteiger partial charge in [-0.1, -0.05) is 0 Å². The molecule has 1 amide bonds. The van der Waals surface area contributed by atoms with E-state index in [4.69, 9.17) is 10.00 Å². The number of carbonyl (C=O) groups is 2. The Morgan fingerprint density at radius 2 is 2.13 bits per heavy atom. The first-order chi connectivity index (χ1) is 7.06. The first-order valence-corrected chi connectivity index (χ1v) is 5.62. The molecule has 0 rings (SSSR count). The van der Waals surface area contributed by atoms with Gasteiger partial charge in [-0.15, -0.1) is 11.8 Å². The van der Waals surface area contributed by atoms with Gasteiger partial charge in [-0.3, -0.25) is 9.59 Å². The summed E-state index contributed by atoms with van der Waals surface area (Å²) in [6.07, 6.45) is -0.134. The molecule has 0 aliphatic carbocycles. The maximum atomic E-state index is 11.0. The second kappa shape index (κ2) is 8.12. The highest BCUT2D eigenvalue weighted by Crippen LogP contribution is 2.01. The van der Waals surface area contributed by atoms with Crippen molar-refractivity contribution in [1.29, 1.82) is 5.26 Å². The first kappa shape index (κ1) is 13.8. The Kier molecular flexibility index (Phi) is 7.46. The van der Waals surface area contributed by atoms with Crippen LogP contribution >= 0.6 is 11.8 Å². The highest BCUT2D eigenvalue weighted by Gasteiger charge is 2.07. The molecule has 15 heavy (non-hydrogen) atoms. The number of esters is 1. The van der Waals surface area contributed by atoms with Gasteiger partial charge < -0.3 is 10.1 Å². The molecule has 0 unspecified atom stereocenters. The number of thioether (sulfide) groups is 1. The SMILES string of the molecule is CC(C)OC(=O)CSCC(=O)NCC#N. The van der Waals surface area contributed by atoms with E-state index in [1.165, 1.54) is 11.8 Å². The van der Waals surface area contributed by atoms with Crippen molar-refractivity contribution in [1.82, 2.24) is 5.32 Å². The van der Waals surface area contributed by atoms with Crippen molar-refractivity contribution >= 4 is 23.6 Å². The van der Waals surface area contributed by atoms with E-state index >= 15 is 0 Å². The molecule has 0 radical (unpaired) electrons. The Morgan fingerprint density at radius 3 is 2.67 bits per heavy atom. The molecule has 0 fully saturated rings. The lowest BCUT2D eigenvalue weighted by molar-refractivity contribution is -0.144. The zero-order chi connectivity index (χ0) is 11.7. The average Bonchev–Trinajstić information content (AvgIpc) is 2.13. The topological polar surface area (TPSA) is 79.2 Å². The van der Waals surface area contributed by atoms with Crippen molar-refractivity contribution in [3.8, 4) is 6.07 Å². The number of ether oxygens (including phenoxy) is 1. The van der Waals surface area contributed by atoms with Crippen LogP contribution in [0.1, 0.15) is 13.8 Å². The Morgan fingerprint density at radius 1 is 1.47 bits per heavy atom. The largest absolute Gasteiger partial charge is 0.462 e. The monoisotopic (exact) mass is 230 g/mol. The van der Waals surface area contributed by atoms with Gasteiger partial charge in [0.05, 0.1) is 23.7 Å². The number of hydrogen-bond acceptors (Lipinski definition) is 5. The average molecular weight is 230 g/mol. The van der Waals surface area contributed by atoms with Crippen molar-refractivity contribution in [2.24, 2.45) is 0 Å². The molecule has 0 saturated heterocycles. The summed E-state index contributed by atoms with van der Waals surface area (Å²) in [5.41, 5.74) is 0. The minimum absolute atomic E-state index is 0.00413. The second-order valence-corrected chi connectivity index (χ2v) is 3.95.